The summed E-state index contributed by atoms with van der Waals surface area (Å²) in [7, 11) is 0. The minimum absolute atomic E-state index is 0.271. The van der Waals surface area contributed by atoms with Crippen molar-refractivity contribution in [1.29, 1.82) is 0 Å². The summed E-state index contributed by atoms with van der Waals surface area (Å²) in [6.07, 6.45) is 1.18. The number of nitrogens with zero attached hydrogens (tertiary/aromatic N) is 2. The van der Waals surface area contributed by atoms with E-state index >= 15 is 0 Å². The molecule has 1 aliphatic rings. The van der Waals surface area contributed by atoms with Crippen LogP contribution in [-0.2, 0) is 9.47 Å². The maximum atomic E-state index is 6.30. The molecule has 0 spiro atoms. The van der Waals surface area contributed by atoms with E-state index in [9.17, 15) is 0 Å². The zero-order valence-corrected chi connectivity index (χ0v) is 16.2. The Morgan fingerprint density at radius 2 is 1.77 bits per heavy atom. The Hall–Kier alpha value is -3.68. The van der Waals surface area contributed by atoms with Crippen molar-refractivity contribution in [2.45, 2.75) is 19.5 Å². The SMILES string of the molecule is CC1OC(c2c(-c3ccccc3)nc3[nH]nc(N)c3c2-c2c[nH]c3ccccc23)O1. The van der Waals surface area contributed by atoms with Crippen molar-refractivity contribution in [2.24, 2.45) is 0 Å². The topological polar surface area (TPSA) is 102 Å². The third kappa shape index (κ3) is 2.46. The third-order valence-electron chi connectivity index (χ3n) is 5.55. The van der Waals surface area contributed by atoms with E-state index in [0.717, 1.165) is 44.2 Å². The number of para-hydroxylation sites is 1. The van der Waals surface area contributed by atoms with E-state index in [1.807, 2.05) is 61.7 Å². The van der Waals surface area contributed by atoms with Crippen molar-refractivity contribution < 1.29 is 9.47 Å². The van der Waals surface area contributed by atoms with Crippen molar-refractivity contribution in [2.75, 3.05) is 5.73 Å². The maximum absolute atomic E-state index is 6.30. The van der Waals surface area contributed by atoms with E-state index < -0.39 is 6.29 Å². The minimum atomic E-state index is -0.537. The molecule has 4 heterocycles. The molecule has 0 aliphatic carbocycles. The summed E-state index contributed by atoms with van der Waals surface area (Å²) in [4.78, 5) is 8.24. The van der Waals surface area contributed by atoms with Crippen molar-refractivity contribution in [1.82, 2.24) is 20.2 Å². The smallest absolute Gasteiger partial charge is 0.192 e. The predicted octanol–water partition coefficient (Wildman–Crippen LogP) is 4.75. The van der Waals surface area contributed by atoms with Crippen LogP contribution in [0.5, 0.6) is 0 Å². The molecular weight excluding hydrogens is 378 g/mol. The zero-order valence-electron chi connectivity index (χ0n) is 16.2. The normalized spacial score (nSPS) is 18.7. The van der Waals surface area contributed by atoms with E-state index in [2.05, 4.69) is 21.2 Å². The highest BCUT2D eigenvalue weighted by molar-refractivity contribution is 6.09. The number of nitrogen functional groups attached to an aromatic ring is 1. The lowest BCUT2D eigenvalue weighted by Crippen LogP contribution is -2.32. The number of nitrogens with two attached hydrogens (primary N) is 1. The molecule has 0 bridgehead atoms. The number of rotatable bonds is 3. The maximum Gasteiger partial charge on any atom is 0.192 e. The number of nitrogens with one attached hydrogen (secondary N) is 2. The number of aromatic nitrogens is 4. The molecule has 5 aromatic rings. The summed E-state index contributed by atoms with van der Waals surface area (Å²) in [6.45, 7) is 1.88. The van der Waals surface area contributed by atoms with Gasteiger partial charge in [-0.1, -0.05) is 48.5 Å². The summed E-state index contributed by atoms with van der Waals surface area (Å²) in [6, 6.07) is 18.2. The van der Waals surface area contributed by atoms with Gasteiger partial charge in [0.2, 0.25) is 0 Å². The molecule has 1 saturated heterocycles. The van der Waals surface area contributed by atoms with Gasteiger partial charge in [0.25, 0.3) is 0 Å². The summed E-state index contributed by atoms with van der Waals surface area (Å²) in [5.41, 5.74) is 12.5. The molecule has 7 nitrogen and oxygen atoms in total. The van der Waals surface area contributed by atoms with Gasteiger partial charge in [0, 0.05) is 39.4 Å². The standard InChI is InChI=1S/C23H19N5O2/c1-12-29-23(30-12)18-17(15-11-25-16-10-6-5-9-14(15)16)19-21(24)27-28-22(19)26-20(18)13-7-3-2-4-8-13/h2-12,23,25H,1H3,(H3,24,26,27,28). The predicted molar refractivity (Wildman–Crippen MR) is 115 cm³/mol. The molecule has 7 heteroatoms. The lowest BCUT2D eigenvalue weighted by atomic mass is 9.92. The van der Waals surface area contributed by atoms with E-state index in [4.69, 9.17) is 20.2 Å². The number of ether oxygens (including phenoxy) is 2. The molecule has 3 aromatic heterocycles. The average Bonchev–Trinajstić information content (AvgIpc) is 3.35. The molecule has 0 amide bonds. The van der Waals surface area contributed by atoms with Gasteiger partial charge in [-0.25, -0.2) is 4.98 Å². The fourth-order valence-corrected chi connectivity index (χ4v) is 4.20. The van der Waals surface area contributed by atoms with Crippen molar-refractivity contribution in [3.63, 3.8) is 0 Å². The van der Waals surface area contributed by atoms with E-state index in [0.29, 0.717) is 11.5 Å². The Labute approximate surface area is 171 Å². The van der Waals surface area contributed by atoms with Crippen LogP contribution in [0.25, 0.3) is 44.3 Å². The van der Waals surface area contributed by atoms with E-state index in [1.54, 1.807) is 0 Å². The fraction of sp³-hybridized carbons (Fsp3) is 0.130. The lowest BCUT2D eigenvalue weighted by Gasteiger charge is -2.36. The first-order valence-corrected chi connectivity index (χ1v) is 9.81. The van der Waals surface area contributed by atoms with Crippen LogP contribution in [0, 0.1) is 0 Å². The number of hydrogen-bond acceptors (Lipinski definition) is 5. The van der Waals surface area contributed by atoms with Gasteiger partial charge >= 0.3 is 0 Å². The molecule has 30 heavy (non-hydrogen) atoms. The number of pyridine rings is 1. The molecule has 0 radical (unpaired) electrons. The molecule has 0 atom stereocenters. The second-order valence-electron chi connectivity index (χ2n) is 7.37. The van der Waals surface area contributed by atoms with Crippen LogP contribution in [0.2, 0.25) is 0 Å². The van der Waals surface area contributed by atoms with Gasteiger partial charge in [-0.3, -0.25) is 5.10 Å². The number of aromatic amines is 2. The Kier molecular flexibility index (Phi) is 3.68. The second kappa shape index (κ2) is 6.41. The summed E-state index contributed by atoms with van der Waals surface area (Å²) >= 11 is 0. The first-order valence-electron chi connectivity index (χ1n) is 9.81. The van der Waals surface area contributed by atoms with Gasteiger partial charge in [-0.15, -0.1) is 0 Å². The molecule has 1 aliphatic heterocycles. The van der Waals surface area contributed by atoms with Crippen LogP contribution in [0.15, 0.2) is 60.8 Å². The lowest BCUT2D eigenvalue weighted by molar-refractivity contribution is -0.382. The van der Waals surface area contributed by atoms with Gasteiger partial charge in [0.15, 0.2) is 24.0 Å². The molecule has 1 fully saturated rings. The highest BCUT2D eigenvalue weighted by atomic mass is 16.9. The Bertz CT molecular complexity index is 1380. The summed E-state index contributed by atoms with van der Waals surface area (Å²) < 4.78 is 11.9. The van der Waals surface area contributed by atoms with Crippen LogP contribution in [0.4, 0.5) is 5.82 Å². The van der Waals surface area contributed by atoms with Crippen molar-refractivity contribution in [3.05, 3.63) is 66.4 Å². The van der Waals surface area contributed by atoms with Gasteiger partial charge in [-0.05, 0) is 13.0 Å². The van der Waals surface area contributed by atoms with Gasteiger partial charge < -0.3 is 20.2 Å². The second-order valence-corrected chi connectivity index (χ2v) is 7.37. The Balaban J connectivity index is 1.75. The Morgan fingerprint density at radius 1 is 1.00 bits per heavy atom. The molecule has 4 N–H and O–H groups in total. The molecule has 2 aromatic carbocycles. The van der Waals surface area contributed by atoms with Crippen molar-refractivity contribution in [3.8, 4) is 22.4 Å². The Morgan fingerprint density at radius 3 is 2.57 bits per heavy atom. The van der Waals surface area contributed by atoms with Crippen LogP contribution < -0.4 is 5.73 Å². The number of anilines is 1. The monoisotopic (exact) mass is 397 g/mol. The first kappa shape index (κ1) is 17.2. The largest absolute Gasteiger partial charge is 0.382 e. The fourth-order valence-electron chi connectivity index (χ4n) is 4.20. The average molecular weight is 397 g/mol. The summed E-state index contributed by atoms with van der Waals surface area (Å²) in [5, 5.41) is 9.07. The van der Waals surface area contributed by atoms with Gasteiger partial charge in [0.1, 0.15) is 0 Å². The number of benzene rings is 2. The number of H-pyrrole nitrogens is 2. The number of fused-ring (bicyclic) bond motifs is 2. The molecule has 0 unspecified atom stereocenters. The van der Waals surface area contributed by atoms with Gasteiger partial charge in [-0.2, -0.15) is 5.10 Å². The van der Waals surface area contributed by atoms with Crippen LogP contribution in [-0.4, -0.2) is 26.5 Å². The first-order chi connectivity index (χ1) is 14.7. The zero-order chi connectivity index (χ0) is 20.2. The molecule has 0 saturated carbocycles. The van der Waals surface area contributed by atoms with Crippen molar-refractivity contribution >= 4 is 27.8 Å². The van der Waals surface area contributed by atoms with Crippen LogP contribution in [0.1, 0.15) is 18.8 Å². The van der Waals surface area contributed by atoms with Crippen LogP contribution >= 0.6 is 0 Å². The van der Waals surface area contributed by atoms with E-state index in [-0.39, 0.29) is 6.29 Å². The molecule has 6 rings (SSSR count). The van der Waals surface area contributed by atoms with Crippen LogP contribution in [0.3, 0.4) is 0 Å². The summed E-state index contributed by atoms with van der Waals surface area (Å²) in [5.74, 6) is 0.394. The highest BCUT2D eigenvalue weighted by Crippen LogP contribution is 2.47. The third-order valence-corrected chi connectivity index (χ3v) is 5.55. The minimum Gasteiger partial charge on any atom is -0.382 e. The van der Waals surface area contributed by atoms with Gasteiger partial charge in [0.05, 0.1) is 11.1 Å². The molecular formula is C23H19N5O2. The van der Waals surface area contributed by atoms with E-state index in [1.165, 1.54) is 0 Å². The number of hydrogen-bond donors (Lipinski definition) is 3. The quantitative estimate of drug-likeness (QED) is 0.408. The molecule has 148 valence electrons. The highest BCUT2D eigenvalue weighted by Gasteiger charge is 2.36.